The predicted molar refractivity (Wildman–Crippen MR) is 260 cm³/mol. The van der Waals surface area contributed by atoms with Gasteiger partial charge in [-0.1, -0.05) is 179 Å². The number of nitrogens with zero attached hydrogens (tertiary/aromatic N) is 1. The molecule has 0 saturated heterocycles. The number of hydrogen-bond donors (Lipinski definition) is 0. The highest BCUT2D eigenvalue weighted by Crippen LogP contribution is 2.54. The van der Waals surface area contributed by atoms with Crippen LogP contribution in [-0.2, 0) is 10.8 Å². The van der Waals surface area contributed by atoms with Crippen LogP contribution in [0.25, 0.3) is 77.6 Å². The summed E-state index contributed by atoms with van der Waals surface area (Å²) in [6.45, 7) is 9.40. The van der Waals surface area contributed by atoms with Gasteiger partial charge in [-0.15, -0.1) is 0 Å². The van der Waals surface area contributed by atoms with Gasteiger partial charge in [0.2, 0.25) is 0 Å². The van der Waals surface area contributed by atoms with Crippen LogP contribution in [0.1, 0.15) is 49.9 Å². The second-order valence-corrected chi connectivity index (χ2v) is 18.1. The molecule has 0 spiro atoms. The van der Waals surface area contributed by atoms with Crippen molar-refractivity contribution in [2.45, 2.75) is 38.5 Å². The lowest BCUT2D eigenvalue weighted by Gasteiger charge is -2.29. The maximum atomic E-state index is 6.36. The molecule has 2 heteroatoms. The summed E-state index contributed by atoms with van der Waals surface area (Å²) in [5.41, 5.74) is 22.9. The van der Waals surface area contributed by atoms with E-state index in [4.69, 9.17) is 4.42 Å². The third-order valence-electron chi connectivity index (χ3n) is 13.9. The fourth-order valence-electron chi connectivity index (χ4n) is 10.8. The highest BCUT2D eigenvalue weighted by Gasteiger charge is 2.37. The molecule has 0 saturated carbocycles. The third kappa shape index (κ3) is 5.36. The monoisotopic (exact) mass is 795 g/mol. The number of rotatable bonds is 6. The molecule has 10 aromatic rings. The summed E-state index contributed by atoms with van der Waals surface area (Å²) in [6, 6.07) is 73.6. The minimum atomic E-state index is -0.103. The number of hydrogen-bond acceptors (Lipinski definition) is 2. The Morgan fingerprint density at radius 2 is 0.935 bits per heavy atom. The van der Waals surface area contributed by atoms with Crippen LogP contribution in [0.2, 0.25) is 0 Å². The first kappa shape index (κ1) is 36.4. The van der Waals surface area contributed by atoms with Crippen LogP contribution < -0.4 is 4.90 Å². The predicted octanol–water partition coefficient (Wildman–Crippen LogP) is 16.7. The molecular weight excluding hydrogens is 751 g/mol. The summed E-state index contributed by atoms with van der Waals surface area (Å²) in [4.78, 5) is 2.45. The van der Waals surface area contributed by atoms with Gasteiger partial charge in [0.25, 0.3) is 0 Å². The van der Waals surface area contributed by atoms with Crippen molar-refractivity contribution in [3.63, 3.8) is 0 Å². The van der Waals surface area contributed by atoms with Gasteiger partial charge >= 0.3 is 0 Å². The maximum absolute atomic E-state index is 6.36. The minimum Gasteiger partial charge on any atom is -0.456 e. The van der Waals surface area contributed by atoms with Crippen molar-refractivity contribution in [2.75, 3.05) is 4.90 Å². The number of furan rings is 1. The Labute approximate surface area is 363 Å². The molecule has 0 N–H and O–H groups in total. The van der Waals surface area contributed by atoms with Crippen molar-refractivity contribution in [3.8, 4) is 55.6 Å². The molecule has 0 fully saturated rings. The third-order valence-corrected chi connectivity index (χ3v) is 13.9. The zero-order valence-corrected chi connectivity index (χ0v) is 35.4. The van der Waals surface area contributed by atoms with Crippen LogP contribution in [-0.4, -0.2) is 0 Å². The molecule has 0 aliphatic heterocycles. The normalized spacial score (nSPS) is 14.1. The standard InChI is InChI=1S/C60H45NO/c1-59(2)50-24-9-5-18-44(50)49-37-39(32-35-52(49)59)38-30-33-41(34-31-38)61(42-17-13-16-40(36-42)43-22-15-29-56-58(43)48-21-8-12-28-55(48)62-56)54-27-11-7-19-45(54)46-23-14-26-53-57(46)47-20-6-10-25-51(47)60(53,3)4/h5-37H,1-4H3. The SMILES string of the molecule is CC1(C)c2ccccc2-c2cc(-c3ccc(N(c4cccc(-c5cccc6oc7ccccc7c56)c4)c4ccccc4-c4cccc5c4-c4ccccc4C5(C)C)cc3)ccc21. The number of benzene rings is 9. The highest BCUT2D eigenvalue weighted by molar-refractivity contribution is 6.12. The van der Waals surface area contributed by atoms with E-state index >= 15 is 0 Å². The van der Waals surface area contributed by atoms with Crippen LogP contribution in [0.5, 0.6) is 0 Å². The Balaban J connectivity index is 1.04. The summed E-state index contributed by atoms with van der Waals surface area (Å²) in [6.07, 6.45) is 0. The quantitative estimate of drug-likeness (QED) is 0.167. The Morgan fingerprint density at radius 1 is 0.355 bits per heavy atom. The Bertz CT molecular complexity index is 3420. The highest BCUT2D eigenvalue weighted by atomic mass is 16.3. The lowest BCUT2D eigenvalue weighted by Crippen LogP contribution is -2.15. The molecule has 0 unspecified atom stereocenters. The largest absolute Gasteiger partial charge is 0.456 e. The molecule has 2 nitrogen and oxygen atoms in total. The number of para-hydroxylation sites is 2. The fraction of sp³-hybridized carbons (Fsp3) is 0.100. The van der Waals surface area contributed by atoms with E-state index in [0.29, 0.717) is 0 Å². The molecule has 0 bridgehead atoms. The van der Waals surface area contributed by atoms with Gasteiger partial charge in [-0.25, -0.2) is 0 Å². The summed E-state index contributed by atoms with van der Waals surface area (Å²) >= 11 is 0. The smallest absolute Gasteiger partial charge is 0.136 e. The van der Waals surface area contributed by atoms with E-state index in [1.54, 1.807) is 0 Å². The van der Waals surface area contributed by atoms with Crippen molar-refractivity contribution >= 4 is 39.0 Å². The first-order valence-electron chi connectivity index (χ1n) is 21.8. The molecule has 2 aliphatic carbocycles. The van der Waals surface area contributed by atoms with Gasteiger partial charge in [0.1, 0.15) is 11.2 Å². The number of fused-ring (bicyclic) bond motifs is 9. The molecular formula is C60H45NO. The van der Waals surface area contributed by atoms with Crippen LogP contribution in [0.15, 0.2) is 205 Å². The average Bonchev–Trinajstić information content (AvgIpc) is 3.89. The van der Waals surface area contributed by atoms with Crippen molar-refractivity contribution in [3.05, 3.63) is 222 Å². The van der Waals surface area contributed by atoms with Gasteiger partial charge in [-0.2, -0.15) is 0 Å². The van der Waals surface area contributed by atoms with E-state index in [1.165, 1.54) is 66.8 Å². The molecule has 0 atom stereocenters. The van der Waals surface area contributed by atoms with Gasteiger partial charge in [0, 0.05) is 38.5 Å². The summed E-state index contributed by atoms with van der Waals surface area (Å²) < 4.78 is 6.36. The van der Waals surface area contributed by atoms with Crippen molar-refractivity contribution in [2.24, 2.45) is 0 Å². The molecule has 296 valence electrons. The molecule has 12 rings (SSSR count). The molecule has 1 aromatic heterocycles. The average molecular weight is 796 g/mol. The molecule has 0 radical (unpaired) electrons. The van der Waals surface area contributed by atoms with E-state index in [-0.39, 0.29) is 10.8 Å². The summed E-state index contributed by atoms with van der Waals surface area (Å²) in [7, 11) is 0. The fourth-order valence-corrected chi connectivity index (χ4v) is 10.8. The summed E-state index contributed by atoms with van der Waals surface area (Å²) in [5, 5.41) is 2.26. The van der Waals surface area contributed by atoms with Gasteiger partial charge in [-0.05, 0) is 121 Å². The Hall–Kier alpha value is -7.42. The van der Waals surface area contributed by atoms with E-state index in [0.717, 1.165) is 50.1 Å². The molecule has 9 aromatic carbocycles. The number of anilines is 3. The zero-order chi connectivity index (χ0) is 41.7. The first-order chi connectivity index (χ1) is 30.3. The topological polar surface area (TPSA) is 16.4 Å². The molecule has 2 aliphatic rings. The molecule has 1 heterocycles. The summed E-state index contributed by atoms with van der Waals surface area (Å²) in [5.74, 6) is 0. The van der Waals surface area contributed by atoms with Crippen molar-refractivity contribution < 1.29 is 4.42 Å². The minimum absolute atomic E-state index is 0.0241. The van der Waals surface area contributed by atoms with E-state index in [1.807, 2.05) is 6.07 Å². The molecule has 62 heavy (non-hydrogen) atoms. The van der Waals surface area contributed by atoms with Crippen LogP contribution >= 0.6 is 0 Å². The van der Waals surface area contributed by atoms with Crippen molar-refractivity contribution in [1.82, 2.24) is 0 Å². The van der Waals surface area contributed by atoms with Crippen LogP contribution in [0.3, 0.4) is 0 Å². The zero-order valence-electron chi connectivity index (χ0n) is 35.4. The van der Waals surface area contributed by atoms with E-state index in [9.17, 15) is 0 Å². The van der Waals surface area contributed by atoms with Crippen LogP contribution in [0.4, 0.5) is 17.1 Å². The maximum Gasteiger partial charge on any atom is 0.136 e. The lowest BCUT2D eigenvalue weighted by atomic mass is 9.82. The Kier molecular flexibility index (Phi) is 7.96. The van der Waals surface area contributed by atoms with Gasteiger partial charge < -0.3 is 9.32 Å². The van der Waals surface area contributed by atoms with Gasteiger partial charge in [0.15, 0.2) is 0 Å². The van der Waals surface area contributed by atoms with Crippen LogP contribution in [0, 0.1) is 0 Å². The second-order valence-electron chi connectivity index (χ2n) is 18.1. The van der Waals surface area contributed by atoms with Crippen molar-refractivity contribution in [1.29, 1.82) is 0 Å². The first-order valence-corrected chi connectivity index (χ1v) is 21.8. The second kappa shape index (κ2) is 13.5. The molecule has 0 amide bonds. The van der Waals surface area contributed by atoms with Gasteiger partial charge in [0.05, 0.1) is 5.69 Å². The van der Waals surface area contributed by atoms with Gasteiger partial charge in [-0.3, -0.25) is 0 Å². The Morgan fingerprint density at radius 3 is 1.77 bits per heavy atom. The van der Waals surface area contributed by atoms with E-state index < -0.39 is 0 Å². The lowest BCUT2D eigenvalue weighted by molar-refractivity contribution is 0.660. The van der Waals surface area contributed by atoms with E-state index in [2.05, 4.69) is 227 Å².